The highest BCUT2D eigenvalue weighted by atomic mass is 19.2. The first-order valence-corrected chi connectivity index (χ1v) is 11.6. The normalized spacial score (nSPS) is 15.1. The Morgan fingerprint density at radius 2 is 1.78 bits per heavy atom. The second-order valence-corrected chi connectivity index (χ2v) is 9.00. The van der Waals surface area contributed by atoms with Gasteiger partial charge in [-0.25, -0.2) is 22.5 Å². The average Bonchev–Trinajstić information content (AvgIpc) is 2.78. The first-order valence-electron chi connectivity index (χ1n) is 11.6. The number of fused-ring (bicyclic) bond motifs is 2. The van der Waals surface area contributed by atoms with Gasteiger partial charge in [0, 0.05) is 53.0 Å². The van der Waals surface area contributed by atoms with Crippen LogP contribution < -0.4 is 14.8 Å². The molecule has 0 spiro atoms. The minimum absolute atomic E-state index is 0.0295. The Bertz CT molecular complexity index is 1680. The molecule has 6 rings (SSSR count). The lowest BCUT2D eigenvalue weighted by Gasteiger charge is -2.33. The zero-order chi connectivity index (χ0) is 25.1. The standard InChI is InChI=1S/C27H18F3N3O3/c28-24-18(13-31)25(29)26(30)23(27(34)35)22(24)21-16-5-3-14(32-7-1-8-32)11-19(16)36-20-12-15(4-6-17(20)21)33-9-2-10-33/h3-6,11-12H,1-2,7-10H2/p+1. The third-order valence-electron chi connectivity index (χ3n) is 7.03. The zero-order valence-electron chi connectivity index (χ0n) is 18.9. The van der Waals surface area contributed by atoms with Gasteiger partial charge in [0.15, 0.2) is 17.5 Å². The van der Waals surface area contributed by atoms with Crippen molar-refractivity contribution < 1.29 is 27.5 Å². The summed E-state index contributed by atoms with van der Waals surface area (Å²) in [6.45, 7) is 3.49. The molecule has 9 heteroatoms. The summed E-state index contributed by atoms with van der Waals surface area (Å²) in [4.78, 5) is 14.2. The average molecular weight is 490 g/mol. The zero-order valence-corrected chi connectivity index (χ0v) is 18.9. The van der Waals surface area contributed by atoms with Crippen LogP contribution in [-0.2, 0) is 0 Å². The number of nitriles is 1. The fourth-order valence-corrected chi connectivity index (χ4v) is 4.87. The van der Waals surface area contributed by atoms with Crippen LogP contribution in [0, 0.1) is 28.8 Å². The molecule has 2 saturated heterocycles. The van der Waals surface area contributed by atoms with Gasteiger partial charge < -0.3 is 14.4 Å². The van der Waals surface area contributed by atoms with Crippen molar-refractivity contribution in [3.05, 3.63) is 70.3 Å². The van der Waals surface area contributed by atoms with E-state index < -0.39 is 40.1 Å². The quantitative estimate of drug-likeness (QED) is 0.258. The van der Waals surface area contributed by atoms with Gasteiger partial charge in [0.2, 0.25) is 5.36 Å². The second kappa shape index (κ2) is 8.12. The summed E-state index contributed by atoms with van der Waals surface area (Å²) >= 11 is 0. The predicted molar refractivity (Wildman–Crippen MR) is 126 cm³/mol. The minimum atomic E-state index is -1.85. The summed E-state index contributed by atoms with van der Waals surface area (Å²) < 4.78 is 53.4. The lowest BCUT2D eigenvalue weighted by Crippen LogP contribution is -2.40. The van der Waals surface area contributed by atoms with E-state index in [1.807, 2.05) is 0 Å². The molecular weight excluding hydrogens is 471 g/mol. The molecule has 0 radical (unpaired) electrons. The van der Waals surface area contributed by atoms with E-state index in [-0.39, 0.29) is 5.56 Å². The summed E-state index contributed by atoms with van der Waals surface area (Å²) in [5, 5.41) is 20.3. The third kappa shape index (κ3) is 3.18. The highest BCUT2D eigenvalue weighted by Crippen LogP contribution is 2.44. The Morgan fingerprint density at radius 3 is 2.39 bits per heavy atom. The first kappa shape index (κ1) is 22.2. The maximum Gasteiger partial charge on any atom is 0.339 e. The number of nitrogens with zero attached hydrogens (tertiary/aromatic N) is 3. The smallest absolute Gasteiger partial charge is 0.339 e. The van der Waals surface area contributed by atoms with Gasteiger partial charge in [0.25, 0.3) is 0 Å². The predicted octanol–water partition coefficient (Wildman–Crippen LogP) is 4.58. The molecule has 0 bridgehead atoms. The lowest BCUT2D eigenvalue weighted by atomic mass is 9.88. The summed E-state index contributed by atoms with van der Waals surface area (Å²) in [5.41, 5.74) is -1.47. The van der Waals surface area contributed by atoms with Gasteiger partial charge in [-0.1, -0.05) is 0 Å². The van der Waals surface area contributed by atoms with E-state index in [2.05, 4.69) is 9.48 Å². The van der Waals surface area contributed by atoms with Crippen LogP contribution >= 0.6 is 0 Å². The third-order valence-corrected chi connectivity index (χ3v) is 7.03. The fraction of sp³-hybridized carbons (Fsp3) is 0.222. The molecule has 180 valence electrons. The molecule has 3 aliphatic heterocycles. The van der Waals surface area contributed by atoms with Crippen molar-refractivity contribution in [3.8, 4) is 28.5 Å². The molecule has 36 heavy (non-hydrogen) atoms. The fourth-order valence-electron chi connectivity index (χ4n) is 4.87. The number of rotatable bonds is 3. The Balaban J connectivity index is 1.77. The Morgan fingerprint density at radius 1 is 1.00 bits per heavy atom. The van der Waals surface area contributed by atoms with Gasteiger partial charge in [-0.2, -0.15) is 5.26 Å². The molecule has 4 aliphatic rings. The van der Waals surface area contributed by atoms with E-state index in [1.54, 1.807) is 36.4 Å². The Labute approximate surface area is 203 Å². The summed E-state index contributed by atoms with van der Waals surface area (Å²) in [5.74, 6) is -6.55. The molecule has 0 aromatic heterocycles. The number of halogens is 3. The van der Waals surface area contributed by atoms with Crippen molar-refractivity contribution in [2.45, 2.75) is 12.8 Å². The SMILES string of the molecule is N#Cc1c(F)c(F)c(C(=O)O)c(-c2c3ccc(=[N+]4CCC4)cc-3oc3cc(N4CCC4)ccc23)c1F. The monoisotopic (exact) mass is 490 g/mol. The molecule has 3 heterocycles. The molecule has 0 unspecified atom stereocenters. The van der Waals surface area contributed by atoms with Crippen LogP contribution in [0.15, 0.2) is 40.8 Å². The first-order chi connectivity index (χ1) is 17.4. The van der Waals surface area contributed by atoms with E-state index in [9.17, 15) is 23.9 Å². The molecule has 0 saturated carbocycles. The highest BCUT2D eigenvalue weighted by Gasteiger charge is 2.33. The van der Waals surface area contributed by atoms with Crippen molar-refractivity contribution >= 4 is 22.6 Å². The van der Waals surface area contributed by atoms with Crippen LogP contribution in [0.4, 0.5) is 18.9 Å². The number of hydrogen-bond donors (Lipinski definition) is 1. The molecule has 2 aromatic carbocycles. The molecule has 1 N–H and O–H groups in total. The number of carbonyl (C=O) groups is 1. The van der Waals surface area contributed by atoms with Crippen molar-refractivity contribution in [2.24, 2.45) is 0 Å². The number of aromatic carboxylic acids is 1. The molecule has 2 fully saturated rings. The largest absolute Gasteiger partial charge is 0.478 e. The number of anilines is 1. The van der Waals surface area contributed by atoms with Crippen LogP contribution in [0.3, 0.4) is 0 Å². The van der Waals surface area contributed by atoms with Gasteiger partial charge in [0.1, 0.15) is 41.6 Å². The lowest BCUT2D eigenvalue weighted by molar-refractivity contribution is 0.0691. The number of hydrogen-bond acceptors (Lipinski definition) is 4. The summed E-state index contributed by atoms with van der Waals surface area (Å²) in [7, 11) is 0. The maximum atomic E-state index is 15.7. The van der Waals surface area contributed by atoms with Crippen molar-refractivity contribution in [2.75, 3.05) is 31.1 Å². The summed E-state index contributed by atoms with van der Waals surface area (Å²) in [6.07, 6.45) is 2.10. The van der Waals surface area contributed by atoms with Crippen LogP contribution in [0.1, 0.15) is 28.8 Å². The van der Waals surface area contributed by atoms with E-state index in [0.717, 1.165) is 50.1 Å². The molecule has 2 aromatic rings. The van der Waals surface area contributed by atoms with Crippen LogP contribution in [0.25, 0.3) is 33.4 Å². The number of carboxylic acid groups (broad SMARTS) is 1. The second-order valence-electron chi connectivity index (χ2n) is 9.00. The minimum Gasteiger partial charge on any atom is -0.478 e. The van der Waals surface area contributed by atoms with Gasteiger partial charge in [0.05, 0.1) is 12.5 Å². The van der Waals surface area contributed by atoms with Crippen LogP contribution in [0.2, 0.25) is 0 Å². The van der Waals surface area contributed by atoms with E-state index >= 15 is 4.39 Å². The van der Waals surface area contributed by atoms with Crippen LogP contribution in [-0.4, -0.2) is 37.3 Å². The van der Waals surface area contributed by atoms with E-state index in [1.165, 1.54) is 6.07 Å². The van der Waals surface area contributed by atoms with E-state index in [4.69, 9.17) is 4.42 Å². The van der Waals surface area contributed by atoms with Crippen molar-refractivity contribution in [1.82, 2.24) is 4.58 Å². The molecule has 0 amide bonds. The number of carboxylic acids is 1. The number of benzene rings is 3. The topological polar surface area (TPSA) is 80.5 Å². The molecule has 0 atom stereocenters. The van der Waals surface area contributed by atoms with E-state index in [0.29, 0.717) is 22.3 Å². The van der Waals surface area contributed by atoms with Crippen molar-refractivity contribution in [3.63, 3.8) is 0 Å². The Hall–Kier alpha value is -4.32. The molecule has 1 aliphatic carbocycles. The van der Waals surface area contributed by atoms with Gasteiger partial charge in [-0.05, 0) is 24.6 Å². The van der Waals surface area contributed by atoms with Gasteiger partial charge in [-0.3, -0.25) is 0 Å². The highest BCUT2D eigenvalue weighted by molar-refractivity contribution is 6.08. The van der Waals surface area contributed by atoms with Gasteiger partial charge in [-0.15, -0.1) is 0 Å². The maximum absolute atomic E-state index is 15.7. The van der Waals surface area contributed by atoms with Crippen LogP contribution in [0.5, 0.6) is 0 Å². The molecule has 6 nitrogen and oxygen atoms in total. The van der Waals surface area contributed by atoms with Crippen molar-refractivity contribution in [1.29, 1.82) is 5.26 Å². The summed E-state index contributed by atoms with van der Waals surface area (Å²) in [6, 6.07) is 11.8. The molecular formula is C27H19F3N3O3+. The Kier molecular flexibility index (Phi) is 5.00. The van der Waals surface area contributed by atoms with Gasteiger partial charge >= 0.3 is 5.97 Å².